The fourth-order valence-corrected chi connectivity index (χ4v) is 5.15. The van der Waals surface area contributed by atoms with E-state index in [0.29, 0.717) is 38.0 Å². The standard InChI is InChI=1S/C19H30N4O4S/c1-2-22-9-3-4-17(22)14-20-15-19(24)21-16-5-7-18(8-6-16)28(25,26)23-10-12-27-13-11-23/h5-8,17,20H,2-4,9-15H2,1H3,(H,21,24). The van der Waals surface area contributed by atoms with Crippen LogP contribution in [0.4, 0.5) is 5.69 Å². The highest BCUT2D eigenvalue weighted by atomic mass is 32.2. The molecule has 156 valence electrons. The van der Waals surface area contributed by atoms with E-state index < -0.39 is 10.0 Å². The number of likely N-dealkylation sites (tertiary alicyclic amines) is 1. The molecule has 2 aliphatic heterocycles. The molecule has 0 aromatic heterocycles. The van der Waals surface area contributed by atoms with Crippen molar-refractivity contribution in [3.05, 3.63) is 24.3 Å². The van der Waals surface area contributed by atoms with E-state index in [-0.39, 0.29) is 17.3 Å². The van der Waals surface area contributed by atoms with E-state index in [2.05, 4.69) is 22.5 Å². The van der Waals surface area contributed by atoms with Crippen molar-refractivity contribution in [1.82, 2.24) is 14.5 Å². The zero-order valence-corrected chi connectivity index (χ0v) is 17.2. The lowest BCUT2D eigenvalue weighted by atomic mass is 10.2. The van der Waals surface area contributed by atoms with Gasteiger partial charge in [0.05, 0.1) is 24.7 Å². The summed E-state index contributed by atoms with van der Waals surface area (Å²) in [6.07, 6.45) is 2.38. The highest BCUT2D eigenvalue weighted by Crippen LogP contribution is 2.19. The number of nitrogens with one attached hydrogen (secondary N) is 2. The van der Waals surface area contributed by atoms with Gasteiger partial charge in [0.15, 0.2) is 0 Å². The normalized spacial score (nSPS) is 21.7. The zero-order chi connectivity index (χ0) is 20.0. The Kier molecular flexibility index (Phi) is 7.42. The summed E-state index contributed by atoms with van der Waals surface area (Å²) in [4.78, 5) is 14.8. The van der Waals surface area contributed by atoms with Gasteiger partial charge in [0.1, 0.15) is 0 Å². The Labute approximate surface area is 167 Å². The average molecular weight is 411 g/mol. The predicted molar refractivity (Wildman–Crippen MR) is 108 cm³/mol. The molecule has 1 amide bonds. The van der Waals surface area contributed by atoms with Gasteiger partial charge in [0.2, 0.25) is 15.9 Å². The SMILES string of the molecule is CCN1CCCC1CNCC(=O)Nc1ccc(S(=O)(=O)N2CCOCC2)cc1. The molecule has 1 aromatic rings. The first-order valence-corrected chi connectivity index (χ1v) is 11.4. The summed E-state index contributed by atoms with van der Waals surface area (Å²) in [5.41, 5.74) is 0.587. The molecule has 2 N–H and O–H groups in total. The smallest absolute Gasteiger partial charge is 0.243 e. The van der Waals surface area contributed by atoms with Crippen molar-refractivity contribution in [3.63, 3.8) is 0 Å². The maximum atomic E-state index is 12.6. The van der Waals surface area contributed by atoms with E-state index in [4.69, 9.17) is 4.74 Å². The first-order valence-electron chi connectivity index (χ1n) is 9.93. The van der Waals surface area contributed by atoms with Gasteiger partial charge in [-0.1, -0.05) is 6.92 Å². The fourth-order valence-electron chi connectivity index (χ4n) is 3.75. The first-order chi connectivity index (χ1) is 13.5. The minimum absolute atomic E-state index is 0.134. The van der Waals surface area contributed by atoms with Crippen molar-refractivity contribution in [2.75, 3.05) is 57.8 Å². The number of hydrogen-bond acceptors (Lipinski definition) is 6. The Morgan fingerprint density at radius 3 is 2.57 bits per heavy atom. The predicted octanol–water partition coefficient (Wildman–Crippen LogP) is 0.720. The first kappa shape index (κ1) is 21.2. The van der Waals surface area contributed by atoms with E-state index in [1.807, 2.05) is 0 Å². The lowest BCUT2D eigenvalue weighted by Gasteiger charge is -2.26. The number of ether oxygens (including phenoxy) is 1. The van der Waals surface area contributed by atoms with Gasteiger partial charge >= 0.3 is 0 Å². The molecule has 1 unspecified atom stereocenters. The second-order valence-electron chi connectivity index (χ2n) is 7.14. The molecule has 2 heterocycles. The quantitative estimate of drug-likeness (QED) is 0.656. The van der Waals surface area contributed by atoms with Crippen molar-refractivity contribution in [1.29, 1.82) is 0 Å². The van der Waals surface area contributed by atoms with Crippen molar-refractivity contribution in [2.45, 2.75) is 30.7 Å². The Balaban J connectivity index is 1.47. The molecule has 2 aliphatic rings. The molecule has 0 radical (unpaired) electrons. The number of anilines is 1. The van der Waals surface area contributed by atoms with Gasteiger partial charge < -0.3 is 15.4 Å². The van der Waals surface area contributed by atoms with Crippen LogP contribution in [-0.4, -0.2) is 82.1 Å². The van der Waals surface area contributed by atoms with Gasteiger partial charge in [0, 0.05) is 31.4 Å². The monoisotopic (exact) mass is 410 g/mol. The number of sulfonamides is 1. The molecule has 28 heavy (non-hydrogen) atoms. The number of carbonyl (C=O) groups is 1. The van der Waals surface area contributed by atoms with E-state index >= 15 is 0 Å². The minimum atomic E-state index is -3.52. The van der Waals surface area contributed by atoms with Gasteiger partial charge in [-0.25, -0.2) is 8.42 Å². The van der Waals surface area contributed by atoms with Crippen LogP contribution in [0.2, 0.25) is 0 Å². The molecule has 1 atom stereocenters. The Bertz CT molecular complexity index is 748. The number of rotatable bonds is 8. The van der Waals surface area contributed by atoms with Gasteiger partial charge in [-0.3, -0.25) is 9.69 Å². The van der Waals surface area contributed by atoms with Gasteiger partial charge in [-0.2, -0.15) is 4.31 Å². The lowest BCUT2D eigenvalue weighted by molar-refractivity contribution is -0.115. The molecular formula is C19H30N4O4S. The van der Waals surface area contributed by atoms with Gasteiger partial charge in [0.25, 0.3) is 0 Å². The largest absolute Gasteiger partial charge is 0.379 e. The topological polar surface area (TPSA) is 91.0 Å². The summed E-state index contributed by atoms with van der Waals surface area (Å²) in [5.74, 6) is -0.134. The number of morpholine rings is 1. The zero-order valence-electron chi connectivity index (χ0n) is 16.4. The molecule has 9 heteroatoms. The number of likely N-dealkylation sites (N-methyl/N-ethyl adjacent to an activating group) is 1. The number of hydrogen-bond donors (Lipinski definition) is 2. The van der Waals surface area contributed by atoms with E-state index in [9.17, 15) is 13.2 Å². The summed E-state index contributed by atoms with van der Waals surface area (Å²) in [7, 11) is -3.52. The molecule has 0 bridgehead atoms. The molecular weight excluding hydrogens is 380 g/mol. The van der Waals surface area contributed by atoms with Crippen LogP contribution in [0.1, 0.15) is 19.8 Å². The van der Waals surface area contributed by atoms with E-state index in [0.717, 1.165) is 19.6 Å². The van der Waals surface area contributed by atoms with Gasteiger partial charge in [-0.15, -0.1) is 0 Å². The maximum Gasteiger partial charge on any atom is 0.243 e. The van der Waals surface area contributed by atoms with Crippen molar-refractivity contribution in [3.8, 4) is 0 Å². The van der Waals surface area contributed by atoms with Crippen molar-refractivity contribution in [2.24, 2.45) is 0 Å². The number of amides is 1. The van der Waals surface area contributed by atoms with Crippen molar-refractivity contribution < 1.29 is 17.9 Å². The molecule has 2 saturated heterocycles. The van der Waals surface area contributed by atoms with Crippen LogP contribution in [0.15, 0.2) is 29.2 Å². The molecule has 3 rings (SSSR count). The molecule has 0 saturated carbocycles. The minimum Gasteiger partial charge on any atom is -0.379 e. The summed E-state index contributed by atoms with van der Waals surface area (Å²) in [6.45, 7) is 6.93. The third-order valence-electron chi connectivity index (χ3n) is 5.32. The van der Waals surface area contributed by atoms with Crippen molar-refractivity contribution >= 4 is 21.6 Å². The van der Waals surface area contributed by atoms with Gasteiger partial charge in [-0.05, 0) is 50.2 Å². The summed E-state index contributed by atoms with van der Waals surface area (Å²) >= 11 is 0. The number of benzene rings is 1. The Morgan fingerprint density at radius 1 is 1.18 bits per heavy atom. The fraction of sp³-hybridized carbons (Fsp3) is 0.632. The molecule has 0 spiro atoms. The average Bonchev–Trinajstić information content (AvgIpc) is 3.16. The number of carbonyl (C=O) groups excluding carboxylic acids is 1. The van der Waals surface area contributed by atoms with Crippen LogP contribution in [0.5, 0.6) is 0 Å². The van der Waals surface area contributed by atoms with Crippen LogP contribution < -0.4 is 10.6 Å². The third-order valence-corrected chi connectivity index (χ3v) is 7.23. The molecule has 8 nitrogen and oxygen atoms in total. The van der Waals surface area contributed by atoms with Crippen LogP contribution in [0, 0.1) is 0 Å². The molecule has 1 aromatic carbocycles. The maximum absolute atomic E-state index is 12.6. The summed E-state index contributed by atoms with van der Waals surface area (Å²) in [6, 6.07) is 6.82. The summed E-state index contributed by atoms with van der Waals surface area (Å²) in [5, 5.41) is 6.03. The Morgan fingerprint density at radius 2 is 1.89 bits per heavy atom. The highest BCUT2D eigenvalue weighted by molar-refractivity contribution is 7.89. The van der Waals surface area contributed by atoms with E-state index in [1.54, 1.807) is 12.1 Å². The van der Waals surface area contributed by atoms with Crippen LogP contribution in [0.3, 0.4) is 0 Å². The molecule has 2 fully saturated rings. The lowest BCUT2D eigenvalue weighted by Crippen LogP contribution is -2.40. The number of nitrogens with zero attached hydrogens (tertiary/aromatic N) is 2. The second kappa shape index (κ2) is 9.80. The molecule has 0 aliphatic carbocycles. The van der Waals surface area contributed by atoms with E-state index in [1.165, 1.54) is 29.3 Å². The van der Waals surface area contributed by atoms with Crippen LogP contribution in [0.25, 0.3) is 0 Å². The highest BCUT2D eigenvalue weighted by Gasteiger charge is 2.26. The Hall–Kier alpha value is -1.52. The second-order valence-corrected chi connectivity index (χ2v) is 9.08. The van der Waals surface area contributed by atoms with Crippen LogP contribution >= 0.6 is 0 Å². The van der Waals surface area contributed by atoms with Crippen LogP contribution in [-0.2, 0) is 19.6 Å². The summed E-state index contributed by atoms with van der Waals surface area (Å²) < 4.78 is 31.9. The third kappa shape index (κ3) is 5.30.